The molecule has 5 nitrogen and oxygen atoms in total. The van der Waals surface area contributed by atoms with E-state index < -0.39 is 5.92 Å². The van der Waals surface area contributed by atoms with Crippen LogP contribution in [0.2, 0.25) is 5.02 Å². The molecule has 1 heterocycles. The fourth-order valence-electron chi connectivity index (χ4n) is 2.97. The largest absolute Gasteiger partial charge is 0.337 e. The molecule has 1 atom stereocenters. The number of nitrogens with one attached hydrogen (secondary N) is 1. The van der Waals surface area contributed by atoms with Crippen LogP contribution in [0.15, 0.2) is 48.5 Å². The standard InChI is InChI=1S/C20H19ClN2O3/c1-13(24)14-6-8-17(9-7-14)22-20(26)16-10-19(25)23(12-16)11-15-4-2-3-5-18(15)21/h2-9,16H,10-12H2,1H3,(H,22,26)/t16-/m1/s1. The Labute approximate surface area is 156 Å². The number of rotatable bonds is 5. The summed E-state index contributed by atoms with van der Waals surface area (Å²) in [4.78, 5) is 37.7. The molecule has 0 saturated carbocycles. The van der Waals surface area contributed by atoms with Crippen molar-refractivity contribution in [2.75, 3.05) is 11.9 Å². The highest BCUT2D eigenvalue weighted by atomic mass is 35.5. The number of hydrogen-bond acceptors (Lipinski definition) is 3. The first kappa shape index (κ1) is 18.1. The third kappa shape index (κ3) is 4.11. The van der Waals surface area contributed by atoms with Crippen molar-refractivity contribution in [3.05, 3.63) is 64.7 Å². The lowest BCUT2D eigenvalue weighted by atomic mass is 10.1. The highest BCUT2D eigenvalue weighted by Crippen LogP contribution is 2.24. The first-order valence-corrected chi connectivity index (χ1v) is 8.75. The number of Topliss-reactive ketones (excluding diaryl/α,β-unsaturated/α-hetero) is 1. The zero-order chi connectivity index (χ0) is 18.7. The Morgan fingerprint density at radius 3 is 2.50 bits per heavy atom. The van der Waals surface area contributed by atoms with Gasteiger partial charge >= 0.3 is 0 Å². The van der Waals surface area contributed by atoms with Crippen LogP contribution >= 0.6 is 11.6 Å². The van der Waals surface area contributed by atoms with Gasteiger partial charge in [0.2, 0.25) is 11.8 Å². The summed E-state index contributed by atoms with van der Waals surface area (Å²) in [5.74, 6) is -0.690. The molecule has 2 aromatic carbocycles. The zero-order valence-electron chi connectivity index (χ0n) is 14.4. The fraction of sp³-hybridized carbons (Fsp3) is 0.250. The second-order valence-electron chi connectivity index (χ2n) is 6.39. The lowest BCUT2D eigenvalue weighted by Crippen LogP contribution is -2.28. The van der Waals surface area contributed by atoms with Gasteiger partial charge in [0.1, 0.15) is 0 Å². The van der Waals surface area contributed by atoms with Crippen LogP contribution in [-0.4, -0.2) is 29.0 Å². The first-order valence-electron chi connectivity index (χ1n) is 8.37. The SMILES string of the molecule is CC(=O)c1ccc(NC(=O)[C@@H]2CC(=O)N(Cc3ccccc3Cl)C2)cc1. The van der Waals surface area contributed by atoms with Crippen molar-refractivity contribution in [3.63, 3.8) is 0 Å². The summed E-state index contributed by atoms with van der Waals surface area (Å²) < 4.78 is 0. The van der Waals surface area contributed by atoms with E-state index in [1.54, 1.807) is 35.2 Å². The number of halogens is 1. The molecule has 1 aliphatic heterocycles. The van der Waals surface area contributed by atoms with Gasteiger partial charge in [0.25, 0.3) is 0 Å². The maximum atomic E-state index is 12.5. The molecule has 0 aliphatic carbocycles. The van der Waals surface area contributed by atoms with Gasteiger partial charge in [-0.1, -0.05) is 29.8 Å². The molecule has 0 unspecified atom stereocenters. The van der Waals surface area contributed by atoms with E-state index in [0.717, 1.165) is 5.56 Å². The van der Waals surface area contributed by atoms with Crippen molar-refractivity contribution in [1.29, 1.82) is 0 Å². The number of ketones is 1. The van der Waals surface area contributed by atoms with E-state index in [0.29, 0.717) is 29.4 Å². The van der Waals surface area contributed by atoms with E-state index in [1.807, 2.05) is 18.2 Å². The molecule has 0 bridgehead atoms. The average Bonchev–Trinajstić information content (AvgIpc) is 2.98. The summed E-state index contributed by atoms with van der Waals surface area (Å²) in [6.07, 6.45) is 0.182. The van der Waals surface area contributed by atoms with Gasteiger partial charge in [0.15, 0.2) is 5.78 Å². The zero-order valence-corrected chi connectivity index (χ0v) is 15.1. The monoisotopic (exact) mass is 370 g/mol. The number of hydrogen-bond donors (Lipinski definition) is 1. The van der Waals surface area contributed by atoms with Crippen LogP contribution < -0.4 is 5.32 Å². The third-order valence-corrected chi connectivity index (χ3v) is 4.83. The van der Waals surface area contributed by atoms with Crippen LogP contribution in [0, 0.1) is 5.92 Å². The number of amides is 2. The van der Waals surface area contributed by atoms with Gasteiger partial charge in [-0.2, -0.15) is 0 Å². The minimum atomic E-state index is -0.405. The van der Waals surface area contributed by atoms with Crippen LogP contribution in [0.4, 0.5) is 5.69 Å². The average molecular weight is 371 g/mol. The highest BCUT2D eigenvalue weighted by molar-refractivity contribution is 6.31. The topological polar surface area (TPSA) is 66.5 Å². The van der Waals surface area contributed by atoms with E-state index in [1.165, 1.54) is 6.92 Å². The number of carbonyl (C=O) groups is 3. The maximum Gasteiger partial charge on any atom is 0.229 e. The van der Waals surface area contributed by atoms with Crippen LogP contribution in [0.1, 0.15) is 29.3 Å². The molecule has 0 radical (unpaired) electrons. The molecular weight excluding hydrogens is 352 g/mol. The Kier molecular flexibility index (Phi) is 5.38. The Bertz CT molecular complexity index is 848. The van der Waals surface area contributed by atoms with Crippen LogP contribution in [0.5, 0.6) is 0 Å². The summed E-state index contributed by atoms with van der Waals surface area (Å²) in [6, 6.07) is 14.1. The van der Waals surface area contributed by atoms with E-state index in [-0.39, 0.29) is 24.0 Å². The van der Waals surface area contributed by atoms with Gasteiger partial charge in [-0.3, -0.25) is 14.4 Å². The Balaban J connectivity index is 1.61. The van der Waals surface area contributed by atoms with Crippen molar-refractivity contribution in [1.82, 2.24) is 4.90 Å². The lowest BCUT2D eigenvalue weighted by molar-refractivity contribution is -0.128. The van der Waals surface area contributed by atoms with Gasteiger partial charge in [0, 0.05) is 35.8 Å². The van der Waals surface area contributed by atoms with Gasteiger partial charge in [0.05, 0.1) is 5.92 Å². The molecule has 134 valence electrons. The number of anilines is 1. The van der Waals surface area contributed by atoms with E-state index in [2.05, 4.69) is 5.32 Å². The molecule has 1 N–H and O–H groups in total. The molecule has 0 spiro atoms. The molecule has 2 aromatic rings. The van der Waals surface area contributed by atoms with Gasteiger partial charge in [-0.25, -0.2) is 0 Å². The molecule has 2 amide bonds. The molecule has 26 heavy (non-hydrogen) atoms. The van der Waals surface area contributed by atoms with Crippen molar-refractivity contribution < 1.29 is 14.4 Å². The number of nitrogens with zero attached hydrogens (tertiary/aromatic N) is 1. The first-order chi connectivity index (χ1) is 12.4. The van der Waals surface area contributed by atoms with Crippen molar-refractivity contribution in [3.8, 4) is 0 Å². The molecule has 1 aliphatic rings. The summed E-state index contributed by atoms with van der Waals surface area (Å²) >= 11 is 6.15. The fourth-order valence-corrected chi connectivity index (χ4v) is 3.16. The number of carbonyl (C=O) groups excluding carboxylic acids is 3. The molecule has 0 aromatic heterocycles. The van der Waals surface area contributed by atoms with Gasteiger partial charge in [-0.15, -0.1) is 0 Å². The van der Waals surface area contributed by atoms with Crippen LogP contribution in [-0.2, 0) is 16.1 Å². The Morgan fingerprint density at radius 1 is 1.15 bits per heavy atom. The van der Waals surface area contributed by atoms with E-state index >= 15 is 0 Å². The smallest absolute Gasteiger partial charge is 0.229 e. The van der Waals surface area contributed by atoms with Gasteiger partial charge < -0.3 is 10.2 Å². The second-order valence-corrected chi connectivity index (χ2v) is 6.80. The third-order valence-electron chi connectivity index (χ3n) is 4.46. The minimum absolute atomic E-state index is 0.0283. The number of benzene rings is 2. The summed E-state index contributed by atoms with van der Waals surface area (Å²) in [7, 11) is 0. The molecular formula is C20H19ClN2O3. The van der Waals surface area contributed by atoms with Crippen molar-refractivity contribution >= 4 is 34.9 Å². The van der Waals surface area contributed by atoms with Gasteiger partial charge in [-0.05, 0) is 42.8 Å². The minimum Gasteiger partial charge on any atom is -0.337 e. The Hall–Kier alpha value is -2.66. The Morgan fingerprint density at radius 2 is 1.85 bits per heavy atom. The normalized spacial score (nSPS) is 16.6. The predicted octanol–water partition coefficient (Wildman–Crippen LogP) is 3.53. The molecule has 3 rings (SSSR count). The van der Waals surface area contributed by atoms with E-state index in [4.69, 9.17) is 11.6 Å². The highest BCUT2D eigenvalue weighted by Gasteiger charge is 2.34. The summed E-state index contributed by atoms with van der Waals surface area (Å²) in [5.41, 5.74) is 2.06. The van der Waals surface area contributed by atoms with Crippen molar-refractivity contribution in [2.45, 2.75) is 19.9 Å². The summed E-state index contributed by atoms with van der Waals surface area (Å²) in [5, 5.41) is 3.42. The van der Waals surface area contributed by atoms with Crippen molar-refractivity contribution in [2.24, 2.45) is 5.92 Å². The van der Waals surface area contributed by atoms with Crippen LogP contribution in [0.25, 0.3) is 0 Å². The maximum absolute atomic E-state index is 12.5. The predicted molar refractivity (Wildman–Crippen MR) is 100 cm³/mol. The summed E-state index contributed by atoms with van der Waals surface area (Å²) in [6.45, 7) is 2.25. The molecule has 6 heteroatoms. The lowest BCUT2D eigenvalue weighted by Gasteiger charge is -2.17. The quantitative estimate of drug-likeness (QED) is 0.819. The van der Waals surface area contributed by atoms with E-state index in [9.17, 15) is 14.4 Å². The molecule has 1 saturated heterocycles. The number of likely N-dealkylation sites (tertiary alicyclic amines) is 1. The second kappa shape index (κ2) is 7.70. The molecule has 1 fully saturated rings. The van der Waals surface area contributed by atoms with Crippen LogP contribution in [0.3, 0.4) is 0 Å².